The Morgan fingerprint density at radius 3 is 2.51 bits per heavy atom. The predicted molar refractivity (Wildman–Crippen MR) is 153 cm³/mol. The summed E-state index contributed by atoms with van der Waals surface area (Å²) in [7, 11) is 0. The van der Waals surface area contributed by atoms with Gasteiger partial charge in [0.1, 0.15) is 12.1 Å². The van der Waals surface area contributed by atoms with Gasteiger partial charge in [0.2, 0.25) is 0 Å². The normalized spacial score (nSPS) is 14.3. The van der Waals surface area contributed by atoms with Crippen LogP contribution in [0.3, 0.4) is 0 Å². The van der Waals surface area contributed by atoms with E-state index in [-0.39, 0.29) is 23.7 Å². The second kappa shape index (κ2) is 11.8. The monoisotopic (exact) mass is 561 g/mol. The maximum absolute atomic E-state index is 13.8. The number of anilines is 2. The molecule has 0 spiro atoms. The van der Waals surface area contributed by atoms with Crippen molar-refractivity contribution in [2.24, 2.45) is 0 Å². The molecule has 0 radical (unpaired) electrons. The Kier molecular flexibility index (Phi) is 8.24. The first-order valence-corrected chi connectivity index (χ1v) is 14.1. The van der Waals surface area contributed by atoms with Gasteiger partial charge in [0.05, 0.1) is 11.3 Å². The number of halogens is 3. The summed E-state index contributed by atoms with van der Waals surface area (Å²) in [5.74, 6) is 1.06. The van der Waals surface area contributed by atoms with Gasteiger partial charge in [-0.3, -0.25) is 4.79 Å². The molecule has 1 saturated carbocycles. The highest BCUT2D eigenvalue weighted by atomic mass is 19.4. The van der Waals surface area contributed by atoms with E-state index in [0.29, 0.717) is 22.8 Å². The van der Waals surface area contributed by atoms with E-state index in [9.17, 15) is 18.0 Å². The molecule has 2 aromatic heterocycles. The summed E-state index contributed by atoms with van der Waals surface area (Å²) in [6.45, 7) is 5.86. The highest BCUT2D eigenvalue weighted by Crippen LogP contribution is 2.37. The fourth-order valence-corrected chi connectivity index (χ4v) is 5.45. The van der Waals surface area contributed by atoms with E-state index in [1.807, 2.05) is 51.1 Å². The van der Waals surface area contributed by atoms with Crippen molar-refractivity contribution in [1.29, 1.82) is 0 Å². The second-order valence-corrected chi connectivity index (χ2v) is 10.9. The zero-order valence-electron chi connectivity index (χ0n) is 23.6. The Hall–Kier alpha value is -4.01. The van der Waals surface area contributed by atoms with E-state index >= 15 is 0 Å². The minimum atomic E-state index is -4.51. The Bertz CT molecular complexity index is 1550. The van der Waals surface area contributed by atoms with Crippen molar-refractivity contribution in [3.63, 3.8) is 0 Å². The first-order valence-electron chi connectivity index (χ1n) is 14.1. The maximum Gasteiger partial charge on any atom is 0.416 e. The van der Waals surface area contributed by atoms with Gasteiger partial charge < -0.3 is 5.32 Å². The van der Waals surface area contributed by atoms with E-state index in [1.165, 1.54) is 12.4 Å². The van der Waals surface area contributed by atoms with Crippen LogP contribution in [-0.2, 0) is 19.0 Å². The molecule has 0 amide bonds. The molecule has 0 aliphatic heterocycles. The number of alkyl halides is 3. The third kappa shape index (κ3) is 6.66. The maximum atomic E-state index is 13.8. The molecule has 1 aliphatic carbocycles. The molecule has 1 fully saturated rings. The zero-order chi connectivity index (χ0) is 29.1. The molecule has 6 nitrogen and oxygen atoms in total. The summed E-state index contributed by atoms with van der Waals surface area (Å²) in [6.07, 6.45) is 2.57. The number of nitrogens with one attached hydrogen (secondary N) is 1. The smallest absolute Gasteiger partial charge is 0.340 e. The number of Topliss-reactive ketones (excluding diaryl/α,β-unsaturated/α-hetero) is 1. The third-order valence-electron chi connectivity index (χ3n) is 7.73. The zero-order valence-corrected chi connectivity index (χ0v) is 23.6. The lowest BCUT2D eigenvalue weighted by molar-refractivity contribution is -0.137. The van der Waals surface area contributed by atoms with Gasteiger partial charge in [0, 0.05) is 35.5 Å². The van der Waals surface area contributed by atoms with E-state index in [4.69, 9.17) is 0 Å². The number of carbonyl (C=O) groups is 1. The number of nitrogens with zero attached hydrogens (tertiary/aromatic N) is 4. The van der Waals surface area contributed by atoms with E-state index < -0.39 is 11.7 Å². The highest BCUT2D eigenvalue weighted by molar-refractivity contribution is 5.98. The minimum absolute atomic E-state index is 0.00949. The number of aromatic nitrogens is 4. The fraction of sp³-hybridized carbons (Fsp3) is 0.375. The third-order valence-corrected chi connectivity index (χ3v) is 7.73. The van der Waals surface area contributed by atoms with Crippen LogP contribution in [0.1, 0.15) is 88.9 Å². The number of rotatable bonds is 8. The SMILES string of the molecule is CCc1cc(-n2nc(C)cc2Nc2cc(CC(=O)c3cc(C4CCCCC4)cc(C(F)(F)F)c3)ccc2C)ncn1. The minimum Gasteiger partial charge on any atom is -0.340 e. The van der Waals surface area contributed by atoms with Crippen LogP contribution in [0.25, 0.3) is 5.82 Å². The van der Waals surface area contributed by atoms with Gasteiger partial charge >= 0.3 is 6.18 Å². The largest absolute Gasteiger partial charge is 0.416 e. The molecule has 4 aromatic rings. The quantitative estimate of drug-likeness (QED) is 0.220. The van der Waals surface area contributed by atoms with Crippen LogP contribution in [0.5, 0.6) is 0 Å². The molecule has 1 N–H and O–H groups in total. The van der Waals surface area contributed by atoms with Gasteiger partial charge in [-0.2, -0.15) is 23.0 Å². The molecular formula is C32H34F3N5O. The standard InChI is InChI=1S/C32H34F3N5O/c1-4-27-18-30(37-19-36-27)40-31(12-21(3)39-40)38-28-13-22(11-10-20(28)2)14-29(41)25-15-24(23-8-6-5-7-9-23)16-26(17-25)32(33,34)35/h10-13,15-19,23,38H,4-9,14H2,1-3H3. The Balaban J connectivity index is 1.41. The Morgan fingerprint density at radius 2 is 1.78 bits per heavy atom. The highest BCUT2D eigenvalue weighted by Gasteiger charge is 2.32. The van der Waals surface area contributed by atoms with Crippen molar-refractivity contribution < 1.29 is 18.0 Å². The molecule has 2 aromatic carbocycles. The summed E-state index contributed by atoms with van der Waals surface area (Å²) < 4.78 is 43.0. The first kappa shape index (κ1) is 28.5. The Morgan fingerprint density at radius 1 is 1.00 bits per heavy atom. The van der Waals surface area contributed by atoms with Crippen molar-refractivity contribution >= 4 is 17.3 Å². The molecule has 41 heavy (non-hydrogen) atoms. The lowest BCUT2D eigenvalue weighted by atomic mass is 9.82. The summed E-state index contributed by atoms with van der Waals surface area (Å²) in [5.41, 5.74) is 4.09. The van der Waals surface area contributed by atoms with Crippen molar-refractivity contribution in [1.82, 2.24) is 19.7 Å². The number of benzene rings is 2. The van der Waals surface area contributed by atoms with Crippen molar-refractivity contribution in [2.45, 2.75) is 77.8 Å². The fourth-order valence-electron chi connectivity index (χ4n) is 5.45. The molecule has 5 rings (SSSR count). The topological polar surface area (TPSA) is 72.7 Å². The molecule has 2 heterocycles. The molecule has 214 valence electrons. The number of aryl methyl sites for hydroxylation is 3. The average molecular weight is 562 g/mol. The van der Waals surface area contributed by atoms with Gasteiger partial charge in [0.15, 0.2) is 11.6 Å². The first-order chi connectivity index (χ1) is 19.6. The number of hydrogen-bond acceptors (Lipinski definition) is 5. The van der Waals surface area contributed by atoms with Crippen LogP contribution in [0.15, 0.2) is 54.9 Å². The van der Waals surface area contributed by atoms with Crippen LogP contribution >= 0.6 is 0 Å². The van der Waals surface area contributed by atoms with Crippen LogP contribution < -0.4 is 5.32 Å². The van der Waals surface area contributed by atoms with Crippen LogP contribution in [0.2, 0.25) is 0 Å². The van der Waals surface area contributed by atoms with E-state index in [2.05, 4.69) is 20.4 Å². The van der Waals surface area contributed by atoms with Gasteiger partial charge in [-0.15, -0.1) is 0 Å². The van der Waals surface area contributed by atoms with E-state index in [0.717, 1.165) is 67.2 Å². The molecule has 0 bridgehead atoms. The summed E-state index contributed by atoms with van der Waals surface area (Å²) in [4.78, 5) is 22.0. The molecule has 0 saturated heterocycles. The molecular weight excluding hydrogens is 527 g/mol. The van der Waals surface area contributed by atoms with Gasteiger partial charge in [-0.05, 0) is 80.0 Å². The summed E-state index contributed by atoms with van der Waals surface area (Å²) in [6, 6.07) is 13.3. The number of ketones is 1. The van der Waals surface area contributed by atoms with Gasteiger partial charge in [-0.1, -0.05) is 38.3 Å². The average Bonchev–Trinajstić information content (AvgIpc) is 3.34. The lowest BCUT2D eigenvalue weighted by Crippen LogP contribution is -2.13. The van der Waals surface area contributed by atoms with Crippen LogP contribution in [0, 0.1) is 13.8 Å². The van der Waals surface area contributed by atoms with Gasteiger partial charge in [-0.25, -0.2) is 9.97 Å². The lowest BCUT2D eigenvalue weighted by Gasteiger charge is -2.23. The molecule has 0 atom stereocenters. The molecule has 9 heteroatoms. The van der Waals surface area contributed by atoms with E-state index in [1.54, 1.807) is 10.7 Å². The van der Waals surface area contributed by atoms with Crippen LogP contribution in [-0.4, -0.2) is 25.5 Å². The molecule has 0 unspecified atom stereocenters. The molecule has 1 aliphatic rings. The second-order valence-electron chi connectivity index (χ2n) is 10.9. The Labute approximate surface area is 238 Å². The van der Waals surface area contributed by atoms with Gasteiger partial charge in [0.25, 0.3) is 0 Å². The summed E-state index contributed by atoms with van der Waals surface area (Å²) in [5, 5.41) is 8.00. The van der Waals surface area contributed by atoms with Crippen molar-refractivity contribution in [2.75, 3.05) is 5.32 Å². The number of hydrogen-bond donors (Lipinski definition) is 1. The predicted octanol–water partition coefficient (Wildman–Crippen LogP) is 8.08. The van der Waals surface area contributed by atoms with Crippen LogP contribution in [0.4, 0.5) is 24.7 Å². The van der Waals surface area contributed by atoms with Crippen molar-refractivity contribution in [3.8, 4) is 5.82 Å². The summed E-state index contributed by atoms with van der Waals surface area (Å²) >= 11 is 0. The number of carbonyl (C=O) groups excluding carboxylic acids is 1. The van der Waals surface area contributed by atoms with Crippen molar-refractivity contribution in [3.05, 3.63) is 94.1 Å².